The van der Waals surface area contributed by atoms with Gasteiger partial charge in [-0.05, 0) is 43.4 Å². The number of anilines is 1. The quantitative estimate of drug-likeness (QED) is 0.834. The zero-order valence-electron chi connectivity index (χ0n) is 10.7. The molecule has 0 amide bonds. The van der Waals surface area contributed by atoms with Gasteiger partial charge in [0.15, 0.2) is 0 Å². The maximum absolute atomic E-state index is 5.63. The van der Waals surface area contributed by atoms with Crippen molar-refractivity contribution in [2.45, 2.75) is 40.5 Å². The molecule has 0 saturated heterocycles. The van der Waals surface area contributed by atoms with Crippen LogP contribution in [0.3, 0.4) is 0 Å². The van der Waals surface area contributed by atoms with Gasteiger partial charge < -0.3 is 5.73 Å². The molecule has 0 aliphatic rings. The molecule has 2 N–H and O–H groups in total. The molecule has 0 bridgehead atoms. The Bertz CT molecular complexity index is 380. The molecule has 88 valence electrons. The Hall–Kier alpha value is -1.31. The standard InChI is InChI=1S/C14H22N2/c1-5-10(2)6-11(3)7-13-9-16-14(15)8-12(13)4/h7-10H,5-6H2,1-4H3,(H2,15,16)/b11-7+. The lowest BCUT2D eigenvalue weighted by Crippen LogP contribution is -1.95. The number of rotatable bonds is 4. The van der Waals surface area contributed by atoms with Crippen molar-refractivity contribution in [3.63, 3.8) is 0 Å². The van der Waals surface area contributed by atoms with Crippen LogP contribution in [0.15, 0.2) is 17.8 Å². The van der Waals surface area contributed by atoms with Crippen LogP contribution in [0.5, 0.6) is 0 Å². The Labute approximate surface area is 98.6 Å². The Kier molecular flexibility index (Phi) is 4.53. The molecule has 0 aromatic carbocycles. The lowest BCUT2D eigenvalue weighted by molar-refractivity contribution is 0.559. The zero-order valence-corrected chi connectivity index (χ0v) is 10.7. The minimum atomic E-state index is 0.592. The van der Waals surface area contributed by atoms with E-state index in [1.807, 2.05) is 12.3 Å². The highest BCUT2D eigenvalue weighted by Gasteiger charge is 2.02. The fraction of sp³-hybridized carbons (Fsp3) is 0.500. The summed E-state index contributed by atoms with van der Waals surface area (Å²) in [7, 11) is 0. The Balaban J connectivity index is 2.81. The van der Waals surface area contributed by atoms with Crippen LogP contribution < -0.4 is 5.73 Å². The molecule has 2 nitrogen and oxygen atoms in total. The van der Waals surface area contributed by atoms with Crippen LogP contribution in [0.25, 0.3) is 6.08 Å². The average molecular weight is 218 g/mol. The normalized spacial score (nSPS) is 13.9. The van der Waals surface area contributed by atoms with Gasteiger partial charge in [-0.3, -0.25) is 0 Å². The van der Waals surface area contributed by atoms with E-state index in [1.165, 1.54) is 23.1 Å². The van der Waals surface area contributed by atoms with Crippen LogP contribution in [-0.2, 0) is 0 Å². The van der Waals surface area contributed by atoms with E-state index in [4.69, 9.17) is 5.73 Å². The summed E-state index contributed by atoms with van der Waals surface area (Å²) in [6.45, 7) is 8.77. The number of hydrogen-bond acceptors (Lipinski definition) is 2. The second-order valence-corrected chi connectivity index (χ2v) is 4.67. The second kappa shape index (κ2) is 5.69. The van der Waals surface area contributed by atoms with Crippen molar-refractivity contribution in [1.82, 2.24) is 4.98 Å². The van der Waals surface area contributed by atoms with Gasteiger partial charge in [-0.25, -0.2) is 4.98 Å². The summed E-state index contributed by atoms with van der Waals surface area (Å²) in [6.07, 6.45) is 6.45. The highest BCUT2D eigenvalue weighted by Crippen LogP contribution is 2.19. The van der Waals surface area contributed by atoms with E-state index in [0.717, 1.165) is 12.3 Å². The molecule has 0 aliphatic heterocycles. The van der Waals surface area contributed by atoms with E-state index in [1.54, 1.807) is 0 Å². The molecule has 0 spiro atoms. The predicted molar refractivity (Wildman–Crippen MR) is 71.1 cm³/mol. The first-order chi connectivity index (χ1) is 7.52. The fourth-order valence-corrected chi connectivity index (χ4v) is 1.76. The number of hydrogen-bond donors (Lipinski definition) is 1. The summed E-state index contributed by atoms with van der Waals surface area (Å²) in [4.78, 5) is 4.13. The molecule has 1 aromatic rings. The number of nitrogens with zero attached hydrogens (tertiary/aromatic N) is 1. The van der Waals surface area contributed by atoms with Crippen LogP contribution in [0, 0.1) is 12.8 Å². The van der Waals surface area contributed by atoms with Gasteiger partial charge in [0.2, 0.25) is 0 Å². The van der Waals surface area contributed by atoms with E-state index in [9.17, 15) is 0 Å². The average Bonchev–Trinajstić information content (AvgIpc) is 2.22. The van der Waals surface area contributed by atoms with Gasteiger partial charge in [0, 0.05) is 6.20 Å². The minimum absolute atomic E-state index is 0.592. The third kappa shape index (κ3) is 3.69. The second-order valence-electron chi connectivity index (χ2n) is 4.67. The number of aromatic nitrogens is 1. The highest BCUT2D eigenvalue weighted by molar-refractivity contribution is 5.57. The summed E-state index contributed by atoms with van der Waals surface area (Å²) in [5.74, 6) is 1.34. The topological polar surface area (TPSA) is 38.9 Å². The summed E-state index contributed by atoms with van der Waals surface area (Å²) >= 11 is 0. The molecular weight excluding hydrogens is 196 g/mol. The first-order valence-corrected chi connectivity index (χ1v) is 5.92. The van der Waals surface area contributed by atoms with Crippen molar-refractivity contribution >= 4 is 11.9 Å². The molecule has 16 heavy (non-hydrogen) atoms. The van der Waals surface area contributed by atoms with E-state index >= 15 is 0 Å². The third-order valence-electron chi connectivity index (χ3n) is 2.94. The van der Waals surface area contributed by atoms with Crippen molar-refractivity contribution in [1.29, 1.82) is 0 Å². The molecular formula is C14H22N2. The largest absolute Gasteiger partial charge is 0.384 e. The van der Waals surface area contributed by atoms with Gasteiger partial charge in [0.05, 0.1) is 0 Å². The molecule has 0 saturated carbocycles. The van der Waals surface area contributed by atoms with Gasteiger partial charge in [-0.1, -0.05) is 31.9 Å². The molecule has 1 atom stereocenters. The third-order valence-corrected chi connectivity index (χ3v) is 2.94. The smallest absolute Gasteiger partial charge is 0.123 e. The molecule has 1 rings (SSSR count). The molecule has 0 radical (unpaired) electrons. The molecule has 0 aliphatic carbocycles. The van der Waals surface area contributed by atoms with Crippen molar-refractivity contribution in [3.8, 4) is 0 Å². The van der Waals surface area contributed by atoms with E-state index < -0.39 is 0 Å². The van der Waals surface area contributed by atoms with Crippen LogP contribution in [0.4, 0.5) is 5.82 Å². The van der Waals surface area contributed by atoms with Crippen LogP contribution in [0.2, 0.25) is 0 Å². The number of allylic oxidation sites excluding steroid dienone is 1. The Morgan fingerprint density at radius 2 is 2.25 bits per heavy atom. The van der Waals surface area contributed by atoms with Crippen molar-refractivity contribution in [2.75, 3.05) is 5.73 Å². The fourth-order valence-electron chi connectivity index (χ4n) is 1.76. The number of nitrogens with two attached hydrogens (primary N) is 1. The molecule has 1 heterocycles. The lowest BCUT2D eigenvalue weighted by atomic mass is 9.98. The number of nitrogen functional groups attached to an aromatic ring is 1. The SMILES string of the molecule is CCC(C)C/C(C)=C/c1cnc(N)cc1C. The zero-order chi connectivity index (χ0) is 12.1. The summed E-state index contributed by atoms with van der Waals surface area (Å²) in [5.41, 5.74) is 9.40. The van der Waals surface area contributed by atoms with Gasteiger partial charge in [-0.15, -0.1) is 0 Å². The minimum Gasteiger partial charge on any atom is -0.384 e. The van der Waals surface area contributed by atoms with Gasteiger partial charge in [0.25, 0.3) is 0 Å². The van der Waals surface area contributed by atoms with Crippen LogP contribution in [-0.4, -0.2) is 4.98 Å². The lowest BCUT2D eigenvalue weighted by Gasteiger charge is -2.09. The predicted octanol–water partition coefficient (Wildman–Crippen LogP) is 3.81. The van der Waals surface area contributed by atoms with E-state index in [-0.39, 0.29) is 0 Å². The molecule has 2 heteroatoms. The van der Waals surface area contributed by atoms with Gasteiger partial charge in [-0.2, -0.15) is 0 Å². The first-order valence-electron chi connectivity index (χ1n) is 5.92. The summed E-state index contributed by atoms with van der Waals surface area (Å²) in [6, 6.07) is 1.92. The summed E-state index contributed by atoms with van der Waals surface area (Å²) in [5, 5.41) is 0. The maximum Gasteiger partial charge on any atom is 0.123 e. The van der Waals surface area contributed by atoms with Crippen molar-refractivity contribution < 1.29 is 0 Å². The molecule has 1 unspecified atom stereocenters. The Morgan fingerprint density at radius 3 is 2.81 bits per heavy atom. The molecule has 1 aromatic heterocycles. The van der Waals surface area contributed by atoms with E-state index in [0.29, 0.717) is 5.82 Å². The maximum atomic E-state index is 5.63. The van der Waals surface area contributed by atoms with Gasteiger partial charge in [0.1, 0.15) is 5.82 Å². The van der Waals surface area contributed by atoms with Crippen LogP contribution in [0.1, 0.15) is 44.7 Å². The highest BCUT2D eigenvalue weighted by atomic mass is 14.8. The number of pyridine rings is 1. The van der Waals surface area contributed by atoms with Gasteiger partial charge >= 0.3 is 0 Å². The van der Waals surface area contributed by atoms with Crippen molar-refractivity contribution in [3.05, 3.63) is 29.0 Å². The van der Waals surface area contributed by atoms with E-state index in [2.05, 4.69) is 38.8 Å². The monoisotopic (exact) mass is 218 g/mol. The number of aryl methyl sites for hydroxylation is 1. The van der Waals surface area contributed by atoms with Crippen molar-refractivity contribution in [2.24, 2.45) is 5.92 Å². The molecule has 0 fully saturated rings. The Morgan fingerprint density at radius 1 is 1.56 bits per heavy atom. The summed E-state index contributed by atoms with van der Waals surface area (Å²) < 4.78 is 0. The van der Waals surface area contributed by atoms with Crippen LogP contribution >= 0.6 is 0 Å². The first kappa shape index (κ1) is 12.8.